The van der Waals surface area contributed by atoms with Gasteiger partial charge in [0.25, 0.3) is 0 Å². The van der Waals surface area contributed by atoms with Crippen molar-refractivity contribution >= 4 is 5.69 Å². The van der Waals surface area contributed by atoms with Crippen LogP contribution in [0.3, 0.4) is 0 Å². The summed E-state index contributed by atoms with van der Waals surface area (Å²) in [5.41, 5.74) is 6.43. The van der Waals surface area contributed by atoms with Gasteiger partial charge in [-0.2, -0.15) is 0 Å². The van der Waals surface area contributed by atoms with Crippen LogP contribution in [0, 0.1) is 0 Å². The van der Waals surface area contributed by atoms with Crippen LogP contribution in [0.1, 0.15) is 12.8 Å². The lowest BCUT2D eigenvalue weighted by molar-refractivity contribution is 0.0686. The van der Waals surface area contributed by atoms with Crippen LogP contribution in [0.4, 0.5) is 5.69 Å². The molecule has 0 aliphatic carbocycles. The first-order chi connectivity index (χ1) is 8.79. The molecule has 5 heteroatoms. The van der Waals surface area contributed by atoms with E-state index in [0.29, 0.717) is 5.69 Å². The number of hydrogen-bond donors (Lipinski definition) is 1. The third kappa shape index (κ3) is 3.58. The number of methoxy groups -OCH3 is 1. The van der Waals surface area contributed by atoms with E-state index in [1.165, 1.54) is 0 Å². The van der Waals surface area contributed by atoms with E-state index >= 15 is 0 Å². The van der Waals surface area contributed by atoms with Crippen molar-refractivity contribution in [3.05, 3.63) is 18.5 Å². The number of anilines is 1. The smallest absolute Gasteiger partial charge is 0.145 e. The Kier molecular flexibility index (Phi) is 4.78. The molecule has 2 N–H and O–H groups in total. The predicted octanol–water partition coefficient (Wildman–Crippen LogP) is 1.15. The van der Waals surface area contributed by atoms with Gasteiger partial charge in [0.15, 0.2) is 0 Å². The zero-order valence-corrected chi connectivity index (χ0v) is 10.8. The molecule has 0 radical (unpaired) electrons. The molecule has 0 saturated carbocycles. The summed E-state index contributed by atoms with van der Waals surface area (Å²) in [6.45, 7) is 3.78. The number of ether oxygens (including phenoxy) is 2. The molecular formula is C13H21N3O2. The van der Waals surface area contributed by atoms with E-state index < -0.39 is 0 Å². The molecule has 2 rings (SSSR count). The number of pyridine rings is 1. The van der Waals surface area contributed by atoms with Crippen molar-refractivity contribution in [1.82, 2.24) is 9.88 Å². The Hall–Kier alpha value is -1.33. The van der Waals surface area contributed by atoms with Crippen LogP contribution in [0.25, 0.3) is 0 Å². The Morgan fingerprint density at radius 1 is 1.56 bits per heavy atom. The van der Waals surface area contributed by atoms with Crippen molar-refractivity contribution in [2.45, 2.75) is 18.9 Å². The summed E-state index contributed by atoms with van der Waals surface area (Å²) in [6, 6.07) is 1.82. The Labute approximate surface area is 108 Å². The van der Waals surface area contributed by atoms with E-state index in [-0.39, 0.29) is 6.10 Å². The minimum atomic E-state index is 0.209. The highest BCUT2D eigenvalue weighted by Crippen LogP contribution is 2.23. The van der Waals surface area contributed by atoms with Crippen molar-refractivity contribution in [3.8, 4) is 5.75 Å². The summed E-state index contributed by atoms with van der Waals surface area (Å²) in [7, 11) is 1.73. The standard InChI is InChI=1S/C13H21N3O2/c1-17-8-7-16-6-2-3-11(10-16)18-13-4-5-15-9-12(13)14/h4-5,9,11H,2-3,6-8,10,14H2,1H3/t11-/m1/s1. The lowest BCUT2D eigenvalue weighted by Gasteiger charge is -2.32. The number of nitrogens with zero attached hydrogens (tertiary/aromatic N) is 2. The molecule has 1 fully saturated rings. The lowest BCUT2D eigenvalue weighted by Crippen LogP contribution is -2.42. The summed E-state index contributed by atoms with van der Waals surface area (Å²) in [5.74, 6) is 0.739. The molecule has 5 nitrogen and oxygen atoms in total. The quantitative estimate of drug-likeness (QED) is 0.850. The Balaban J connectivity index is 1.87. The van der Waals surface area contributed by atoms with Crippen molar-refractivity contribution in [3.63, 3.8) is 0 Å². The number of nitrogen functional groups attached to an aromatic ring is 1. The minimum Gasteiger partial charge on any atom is -0.487 e. The molecule has 0 spiro atoms. The largest absolute Gasteiger partial charge is 0.487 e. The van der Waals surface area contributed by atoms with Gasteiger partial charge in [-0.05, 0) is 19.4 Å². The van der Waals surface area contributed by atoms with Gasteiger partial charge in [0, 0.05) is 32.5 Å². The first kappa shape index (κ1) is 13.1. The van der Waals surface area contributed by atoms with Gasteiger partial charge >= 0.3 is 0 Å². The fourth-order valence-electron chi connectivity index (χ4n) is 2.21. The second-order valence-corrected chi connectivity index (χ2v) is 4.59. The normalized spacial score (nSPS) is 20.8. The number of nitrogens with two attached hydrogens (primary N) is 1. The van der Waals surface area contributed by atoms with Crippen LogP contribution in [0.5, 0.6) is 5.75 Å². The molecule has 1 saturated heterocycles. The van der Waals surface area contributed by atoms with Crippen LogP contribution >= 0.6 is 0 Å². The SMILES string of the molecule is COCCN1CCC[C@@H](Oc2ccncc2N)C1. The van der Waals surface area contributed by atoms with Gasteiger partial charge in [-0.1, -0.05) is 0 Å². The van der Waals surface area contributed by atoms with E-state index in [0.717, 1.165) is 44.8 Å². The first-order valence-corrected chi connectivity index (χ1v) is 6.37. The van der Waals surface area contributed by atoms with Gasteiger partial charge in [-0.25, -0.2) is 0 Å². The summed E-state index contributed by atoms with van der Waals surface area (Å²) in [6.07, 6.45) is 5.77. The predicted molar refractivity (Wildman–Crippen MR) is 70.6 cm³/mol. The lowest BCUT2D eigenvalue weighted by atomic mass is 10.1. The molecule has 1 aromatic heterocycles. The average Bonchev–Trinajstić information content (AvgIpc) is 2.40. The molecule has 0 aromatic carbocycles. The van der Waals surface area contributed by atoms with E-state index in [1.54, 1.807) is 19.5 Å². The van der Waals surface area contributed by atoms with E-state index in [9.17, 15) is 0 Å². The van der Waals surface area contributed by atoms with E-state index in [4.69, 9.17) is 15.2 Å². The second kappa shape index (κ2) is 6.56. The molecular weight excluding hydrogens is 230 g/mol. The fourth-order valence-corrected chi connectivity index (χ4v) is 2.21. The molecule has 0 unspecified atom stereocenters. The van der Waals surface area contributed by atoms with E-state index in [2.05, 4.69) is 9.88 Å². The number of likely N-dealkylation sites (tertiary alicyclic amines) is 1. The summed E-state index contributed by atoms with van der Waals surface area (Å²) >= 11 is 0. The second-order valence-electron chi connectivity index (χ2n) is 4.59. The highest BCUT2D eigenvalue weighted by Gasteiger charge is 2.21. The molecule has 0 bridgehead atoms. The van der Waals surface area contributed by atoms with Crippen molar-refractivity contribution in [2.75, 3.05) is 39.1 Å². The Bertz CT molecular complexity index is 373. The highest BCUT2D eigenvalue weighted by molar-refractivity contribution is 5.49. The maximum absolute atomic E-state index is 5.95. The van der Waals surface area contributed by atoms with Gasteiger partial charge in [-0.15, -0.1) is 0 Å². The topological polar surface area (TPSA) is 60.6 Å². The number of rotatable bonds is 5. The van der Waals surface area contributed by atoms with Crippen LogP contribution in [0.15, 0.2) is 18.5 Å². The van der Waals surface area contributed by atoms with Gasteiger partial charge in [0.1, 0.15) is 11.9 Å². The van der Waals surface area contributed by atoms with Crippen molar-refractivity contribution in [2.24, 2.45) is 0 Å². The maximum atomic E-state index is 5.95. The maximum Gasteiger partial charge on any atom is 0.145 e. The van der Waals surface area contributed by atoms with Crippen molar-refractivity contribution in [1.29, 1.82) is 0 Å². The van der Waals surface area contributed by atoms with E-state index in [1.807, 2.05) is 6.07 Å². The highest BCUT2D eigenvalue weighted by atomic mass is 16.5. The van der Waals surface area contributed by atoms with Gasteiger partial charge < -0.3 is 15.2 Å². The summed E-state index contributed by atoms with van der Waals surface area (Å²) in [4.78, 5) is 6.33. The van der Waals surface area contributed by atoms with Gasteiger partial charge in [0.2, 0.25) is 0 Å². The third-order valence-electron chi connectivity index (χ3n) is 3.18. The van der Waals surface area contributed by atoms with Crippen molar-refractivity contribution < 1.29 is 9.47 Å². The summed E-state index contributed by atoms with van der Waals surface area (Å²) in [5, 5.41) is 0. The summed E-state index contributed by atoms with van der Waals surface area (Å²) < 4.78 is 11.1. The Morgan fingerprint density at radius 3 is 3.22 bits per heavy atom. The van der Waals surface area contributed by atoms with Crippen LogP contribution < -0.4 is 10.5 Å². The molecule has 1 aliphatic heterocycles. The molecule has 1 aliphatic rings. The molecule has 18 heavy (non-hydrogen) atoms. The molecule has 0 amide bonds. The fraction of sp³-hybridized carbons (Fsp3) is 0.615. The third-order valence-corrected chi connectivity index (χ3v) is 3.18. The van der Waals surface area contributed by atoms with Crippen LogP contribution in [-0.2, 0) is 4.74 Å². The number of hydrogen-bond acceptors (Lipinski definition) is 5. The Morgan fingerprint density at radius 2 is 2.44 bits per heavy atom. The molecule has 1 aromatic rings. The monoisotopic (exact) mass is 251 g/mol. The zero-order chi connectivity index (χ0) is 12.8. The zero-order valence-electron chi connectivity index (χ0n) is 10.8. The molecule has 100 valence electrons. The first-order valence-electron chi connectivity index (χ1n) is 6.37. The number of piperidine rings is 1. The molecule has 2 heterocycles. The van der Waals surface area contributed by atoms with Gasteiger partial charge in [-0.3, -0.25) is 9.88 Å². The number of aromatic nitrogens is 1. The molecule has 1 atom stereocenters. The van der Waals surface area contributed by atoms with Crippen LogP contribution in [0.2, 0.25) is 0 Å². The van der Waals surface area contributed by atoms with Crippen LogP contribution in [-0.4, -0.2) is 49.3 Å². The minimum absolute atomic E-state index is 0.209. The average molecular weight is 251 g/mol. The van der Waals surface area contributed by atoms with Gasteiger partial charge in [0.05, 0.1) is 18.5 Å².